The fraction of sp³-hybridized carbons (Fsp3) is 0.750. The summed E-state index contributed by atoms with van der Waals surface area (Å²) in [7, 11) is 0. The standard InChI is InChI=1S/C36H62N2/c1-3-5-7-9-10-11-12-13-14-15-16-17-18-19-20-25-29-36(38-31-30-37-33-38)35(28-24-8-6-4-2)32-34-26-22-21-23-27-34/h21-23,26-27,30-31,33,35-36H,3-20,24-25,28-29,32H2,1-2H3/p+1. The first kappa shape index (κ1) is 32.6. The van der Waals surface area contributed by atoms with Gasteiger partial charge in [-0.3, -0.25) is 4.98 Å². The number of nitrogens with zero attached hydrogens (tertiary/aromatic N) is 1. The van der Waals surface area contributed by atoms with Crippen LogP contribution in [0.2, 0.25) is 0 Å². The molecule has 0 radical (unpaired) electrons. The van der Waals surface area contributed by atoms with Crippen molar-refractivity contribution in [3.05, 3.63) is 54.6 Å². The largest absolute Gasteiger partial charge is 0.250 e. The molecule has 0 saturated heterocycles. The zero-order valence-corrected chi connectivity index (χ0v) is 25.5. The minimum Gasteiger partial charge on any atom is -0.250 e. The lowest BCUT2D eigenvalue weighted by molar-refractivity contribution is -0.730. The van der Waals surface area contributed by atoms with Crippen LogP contribution in [0.1, 0.15) is 167 Å². The maximum Gasteiger partial charge on any atom is 0.241 e. The van der Waals surface area contributed by atoms with Crippen LogP contribution < -0.4 is 4.57 Å². The molecule has 2 unspecified atom stereocenters. The minimum absolute atomic E-state index is 0.606. The van der Waals surface area contributed by atoms with E-state index in [2.05, 4.69) is 72.5 Å². The highest BCUT2D eigenvalue weighted by Gasteiger charge is 2.26. The van der Waals surface area contributed by atoms with E-state index in [1.807, 2.05) is 0 Å². The molecule has 2 atom stereocenters. The summed E-state index contributed by atoms with van der Waals surface area (Å²) in [6.07, 6.45) is 38.9. The number of hydrogen-bond donors (Lipinski definition) is 1. The van der Waals surface area contributed by atoms with Crippen molar-refractivity contribution in [2.75, 3.05) is 0 Å². The van der Waals surface area contributed by atoms with Crippen LogP contribution in [0.15, 0.2) is 49.1 Å². The molecule has 2 nitrogen and oxygen atoms in total. The number of aromatic nitrogens is 2. The van der Waals surface area contributed by atoms with Crippen molar-refractivity contribution in [1.29, 1.82) is 0 Å². The molecule has 1 heterocycles. The van der Waals surface area contributed by atoms with E-state index in [0.29, 0.717) is 12.0 Å². The van der Waals surface area contributed by atoms with Crippen LogP contribution in [0.25, 0.3) is 0 Å². The molecule has 0 bridgehead atoms. The first-order valence-corrected chi connectivity index (χ1v) is 16.9. The first-order valence-electron chi connectivity index (χ1n) is 16.9. The average molecular weight is 524 g/mol. The van der Waals surface area contributed by atoms with Crippen molar-refractivity contribution in [2.24, 2.45) is 5.92 Å². The molecule has 0 aliphatic carbocycles. The molecule has 0 amide bonds. The smallest absolute Gasteiger partial charge is 0.241 e. The van der Waals surface area contributed by atoms with E-state index in [1.54, 1.807) is 0 Å². The molecule has 2 rings (SSSR count). The molecule has 2 heteroatoms. The molecule has 0 saturated carbocycles. The van der Waals surface area contributed by atoms with Crippen molar-refractivity contribution < 1.29 is 4.57 Å². The van der Waals surface area contributed by atoms with Crippen LogP contribution in [-0.2, 0) is 6.42 Å². The molecule has 1 aromatic heterocycles. The normalized spacial score (nSPS) is 13.1. The SMILES string of the molecule is CCCCCCCCCCCCCCCCCCC(C(CCCCCC)Cc1ccccc1)[n+]1cc[nH]c1. The second-order valence-corrected chi connectivity index (χ2v) is 12.0. The number of nitrogens with one attached hydrogen (secondary N) is 1. The minimum atomic E-state index is 0.606. The van der Waals surface area contributed by atoms with Gasteiger partial charge in [0.25, 0.3) is 0 Å². The summed E-state index contributed by atoms with van der Waals surface area (Å²) in [5.41, 5.74) is 1.50. The zero-order chi connectivity index (χ0) is 26.9. The van der Waals surface area contributed by atoms with Crippen LogP contribution in [0, 0.1) is 5.92 Å². The van der Waals surface area contributed by atoms with E-state index in [0.717, 1.165) is 0 Å². The van der Waals surface area contributed by atoms with Crippen LogP contribution in [0.5, 0.6) is 0 Å². The van der Waals surface area contributed by atoms with Crippen molar-refractivity contribution in [3.63, 3.8) is 0 Å². The van der Waals surface area contributed by atoms with Gasteiger partial charge in [0, 0.05) is 5.92 Å². The fourth-order valence-electron chi connectivity index (χ4n) is 6.22. The third-order valence-corrected chi connectivity index (χ3v) is 8.62. The van der Waals surface area contributed by atoms with Crippen LogP contribution in [-0.4, -0.2) is 4.98 Å². The fourth-order valence-corrected chi connectivity index (χ4v) is 6.22. The van der Waals surface area contributed by atoms with E-state index in [4.69, 9.17) is 0 Å². The number of aromatic amines is 1. The van der Waals surface area contributed by atoms with Crippen molar-refractivity contribution in [3.8, 4) is 0 Å². The Morgan fingerprint density at radius 3 is 1.55 bits per heavy atom. The van der Waals surface area contributed by atoms with Crippen molar-refractivity contribution >= 4 is 0 Å². The molecule has 0 fully saturated rings. The number of imidazole rings is 1. The second-order valence-electron chi connectivity index (χ2n) is 12.0. The molecular weight excluding hydrogens is 460 g/mol. The maximum absolute atomic E-state index is 3.32. The predicted octanol–water partition coefficient (Wildman–Crippen LogP) is 11.3. The highest BCUT2D eigenvalue weighted by molar-refractivity contribution is 5.15. The van der Waals surface area contributed by atoms with E-state index in [-0.39, 0.29) is 0 Å². The number of rotatable bonds is 26. The van der Waals surface area contributed by atoms with Gasteiger partial charge in [-0.15, -0.1) is 0 Å². The van der Waals surface area contributed by atoms with Gasteiger partial charge < -0.3 is 0 Å². The molecule has 0 aliphatic rings. The van der Waals surface area contributed by atoms with Crippen molar-refractivity contribution in [1.82, 2.24) is 4.98 Å². The molecule has 216 valence electrons. The van der Waals surface area contributed by atoms with Gasteiger partial charge in [0.1, 0.15) is 18.4 Å². The molecule has 0 spiro atoms. The second kappa shape index (κ2) is 23.3. The Morgan fingerprint density at radius 1 is 0.579 bits per heavy atom. The van der Waals surface area contributed by atoms with Gasteiger partial charge in [-0.1, -0.05) is 166 Å². The summed E-state index contributed by atoms with van der Waals surface area (Å²) in [6.45, 7) is 4.62. The molecule has 2 aromatic rings. The van der Waals surface area contributed by atoms with E-state index < -0.39 is 0 Å². The highest BCUT2D eigenvalue weighted by atomic mass is 15.1. The Balaban J connectivity index is 1.63. The summed E-state index contributed by atoms with van der Waals surface area (Å²) in [6, 6.07) is 11.8. The van der Waals surface area contributed by atoms with E-state index >= 15 is 0 Å². The maximum atomic E-state index is 3.32. The van der Waals surface area contributed by atoms with Gasteiger partial charge in [-0.25, -0.2) is 4.57 Å². The van der Waals surface area contributed by atoms with E-state index in [9.17, 15) is 0 Å². The summed E-state index contributed by atoms with van der Waals surface area (Å²) >= 11 is 0. The predicted molar refractivity (Wildman–Crippen MR) is 167 cm³/mol. The number of H-pyrrole nitrogens is 1. The zero-order valence-electron chi connectivity index (χ0n) is 25.5. The van der Waals surface area contributed by atoms with Crippen molar-refractivity contribution in [2.45, 2.75) is 168 Å². The van der Waals surface area contributed by atoms with Gasteiger partial charge in [-0.2, -0.15) is 0 Å². The first-order chi connectivity index (χ1) is 18.8. The molecule has 1 N–H and O–H groups in total. The van der Waals surface area contributed by atoms with Gasteiger partial charge in [0.2, 0.25) is 6.33 Å². The van der Waals surface area contributed by atoms with Crippen LogP contribution >= 0.6 is 0 Å². The Bertz CT molecular complexity index is 723. The van der Waals surface area contributed by atoms with Crippen LogP contribution in [0.4, 0.5) is 0 Å². The number of benzene rings is 1. The molecule has 0 aliphatic heterocycles. The Hall–Kier alpha value is -1.57. The lowest BCUT2D eigenvalue weighted by Crippen LogP contribution is -2.42. The molecule has 38 heavy (non-hydrogen) atoms. The van der Waals surface area contributed by atoms with Crippen LogP contribution in [0.3, 0.4) is 0 Å². The Labute approximate surface area is 237 Å². The summed E-state index contributed by atoms with van der Waals surface area (Å²) < 4.78 is 2.48. The topological polar surface area (TPSA) is 19.7 Å². The Morgan fingerprint density at radius 2 is 1.05 bits per heavy atom. The van der Waals surface area contributed by atoms with E-state index in [1.165, 1.54) is 153 Å². The third-order valence-electron chi connectivity index (χ3n) is 8.62. The molecular formula is C36H63N2+. The summed E-state index contributed by atoms with van der Waals surface area (Å²) in [5.74, 6) is 0.714. The quantitative estimate of drug-likeness (QED) is 0.0934. The van der Waals surface area contributed by atoms with Gasteiger partial charge >= 0.3 is 0 Å². The molecule has 1 aromatic carbocycles. The monoisotopic (exact) mass is 523 g/mol. The lowest BCUT2D eigenvalue weighted by atomic mass is 9.84. The summed E-state index contributed by atoms with van der Waals surface area (Å²) in [5, 5.41) is 0. The third kappa shape index (κ3) is 15.7. The van der Waals surface area contributed by atoms with Gasteiger partial charge in [0.15, 0.2) is 0 Å². The average Bonchev–Trinajstić information content (AvgIpc) is 3.48. The highest BCUT2D eigenvalue weighted by Crippen LogP contribution is 2.29. The van der Waals surface area contributed by atoms with Gasteiger partial charge in [0.05, 0.1) is 0 Å². The number of hydrogen-bond acceptors (Lipinski definition) is 0. The Kier molecular flexibility index (Phi) is 20.0. The summed E-state index contributed by atoms with van der Waals surface area (Å²) in [4.78, 5) is 3.32. The van der Waals surface area contributed by atoms with Gasteiger partial charge in [-0.05, 0) is 31.2 Å². The lowest BCUT2D eigenvalue weighted by Gasteiger charge is -2.25. The number of unbranched alkanes of at least 4 members (excludes halogenated alkanes) is 18.